The van der Waals surface area contributed by atoms with E-state index < -0.39 is 0 Å². The van der Waals surface area contributed by atoms with Gasteiger partial charge >= 0.3 is 0 Å². The minimum atomic E-state index is 0.0546. The van der Waals surface area contributed by atoms with Crippen molar-refractivity contribution < 1.29 is 9.21 Å². The molecule has 0 unspecified atom stereocenters. The lowest BCUT2D eigenvalue weighted by Crippen LogP contribution is -2.30. The molecular weight excluding hydrogens is 322 g/mol. The number of aromatic nitrogens is 2. The number of amides is 1. The van der Waals surface area contributed by atoms with Crippen LogP contribution in [0.4, 0.5) is 5.69 Å². The summed E-state index contributed by atoms with van der Waals surface area (Å²) in [5, 5.41) is 10.0. The molecule has 1 aromatic carbocycles. The molecule has 0 spiro atoms. The fraction of sp³-hybridized carbons (Fsp3) is 0.278. The number of aryl methyl sites for hydroxylation is 2. The topological polar surface area (TPSA) is 59.2 Å². The highest BCUT2D eigenvalue weighted by atomic mass is 32.1. The van der Waals surface area contributed by atoms with Crippen LogP contribution in [0.15, 0.2) is 46.2 Å². The molecule has 5 nitrogen and oxygen atoms in total. The van der Waals surface area contributed by atoms with Crippen molar-refractivity contribution in [2.45, 2.75) is 26.7 Å². The molecule has 2 heterocycles. The van der Waals surface area contributed by atoms with Crippen LogP contribution in [-0.2, 0) is 11.2 Å². The third-order valence-corrected chi connectivity index (χ3v) is 4.54. The van der Waals surface area contributed by atoms with Crippen molar-refractivity contribution >= 4 is 22.9 Å². The van der Waals surface area contributed by atoms with Gasteiger partial charge in [0, 0.05) is 25.1 Å². The highest BCUT2D eigenvalue weighted by molar-refractivity contribution is 7.13. The van der Waals surface area contributed by atoms with E-state index in [-0.39, 0.29) is 5.91 Å². The Balaban J connectivity index is 1.64. The lowest BCUT2D eigenvalue weighted by atomic mass is 10.2. The lowest BCUT2D eigenvalue weighted by molar-refractivity contribution is -0.118. The SMILES string of the molecule is CCN(C(=O)CCc1nnc(-c2cccs2)o1)c1cccc(C)c1. The Bertz CT molecular complexity index is 811. The van der Waals surface area contributed by atoms with Crippen molar-refractivity contribution in [3.05, 3.63) is 53.2 Å². The van der Waals surface area contributed by atoms with Crippen LogP contribution in [0.5, 0.6) is 0 Å². The van der Waals surface area contributed by atoms with Gasteiger partial charge in [0.05, 0.1) is 4.88 Å². The monoisotopic (exact) mass is 341 g/mol. The molecule has 0 aliphatic carbocycles. The number of hydrogen-bond donors (Lipinski definition) is 0. The molecule has 3 aromatic rings. The lowest BCUT2D eigenvalue weighted by Gasteiger charge is -2.21. The fourth-order valence-electron chi connectivity index (χ4n) is 2.50. The first-order valence-corrected chi connectivity index (χ1v) is 8.78. The minimum Gasteiger partial charge on any atom is -0.420 e. The number of carbonyl (C=O) groups excluding carboxylic acids is 1. The van der Waals surface area contributed by atoms with Crippen LogP contribution in [-0.4, -0.2) is 22.6 Å². The van der Waals surface area contributed by atoms with E-state index in [9.17, 15) is 4.79 Å². The predicted molar refractivity (Wildman–Crippen MR) is 95.1 cm³/mol. The third kappa shape index (κ3) is 3.71. The van der Waals surface area contributed by atoms with Gasteiger partial charge in [-0.05, 0) is 43.0 Å². The molecule has 24 heavy (non-hydrogen) atoms. The normalized spacial score (nSPS) is 10.8. The number of nitrogens with zero attached hydrogens (tertiary/aromatic N) is 3. The summed E-state index contributed by atoms with van der Waals surface area (Å²) in [7, 11) is 0. The fourth-order valence-corrected chi connectivity index (χ4v) is 3.15. The molecule has 0 radical (unpaired) electrons. The van der Waals surface area contributed by atoms with E-state index in [0.717, 1.165) is 16.1 Å². The molecule has 0 saturated heterocycles. The highest BCUT2D eigenvalue weighted by Crippen LogP contribution is 2.23. The molecule has 0 saturated carbocycles. The summed E-state index contributed by atoms with van der Waals surface area (Å²) in [6.45, 7) is 4.63. The largest absolute Gasteiger partial charge is 0.420 e. The zero-order valence-electron chi connectivity index (χ0n) is 13.7. The zero-order valence-corrected chi connectivity index (χ0v) is 14.5. The molecule has 0 bridgehead atoms. The first-order valence-electron chi connectivity index (χ1n) is 7.90. The van der Waals surface area contributed by atoms with E-state index >= 15 is 0 Å². The molecule has 2 aromatic heterocycles. The number of hydrogen-bond acceptors (Lipinski definition) is 5. The van der Waals surface area contributed by atoms with E-state index in [1.54, 1.807) is 16.2 Å². The Labute approximate surface area is 144 Å². The maximum Gasteiger partial charge on any atom is 0.257 e. The van der Waals surface area contributed by atoms with E-state index in [2.05, 4.69) is 10.2 Å². The van der Waals surface area contributed by atoms with Gasteiger partial charge in [-0.3, -0.25) is 4.79 Å². The highest BCUT2D eigenvalue weighted by Gasteiger charge is 2.16. The van der Waals surface area contributed by atoms with E-state index in [1.807, 2.05) is 55.6 Å². The Kier molecular flexibility index (Phi) is 5.05. The van der Waals surface area contributed by atoms with Crippen LogP contribution < -0.4 is 4.90 Å². The standard InChI is InChI=1S/C18H19N3O2S/c1-3-21(14-7-4-6-13(2)12-14)17(22)10-9-16-19-20-18(23-16)15-8-5-11-24-15/h4-8,11-12H,3,9-10H2,1-2H3. The number of benzene rings is 1. The van der Waals surface area contributed by atoms with Gasteiger partial charge in [0.1, 0.15) is 0 Å². The summed E-state index contributed by atoms with van der Waals surface area (Å²) in [6, 6.07) is 11.8. The van der Waals surface area contributed by atoms with Gasteiger partial charge in [-0.15, -0.1) is 21.5 Å². The minimum absolute atomic E-state index is 0.0546. The van der Waals surface area contributed by atoms with E-state index in [0.29, 0.717) is 31.2 Å². The quantitative estimate of drug-likeness (QED) is 0.677. The van der Waals surface area contributed by atoms with Gasteiger partial charge in [0.25, 0.3) is 5.89 Å². The van der Waals surface area contributed by atoms with Crippen LogP contribution in [0.2, 0.25) is 0 Å². The molecule has 0 fully saturated rings. The number of rotatable bonds is 6. The Hall–Kier alpha value is -2.47. The summed E-state index contributed by atoms with van der Waals surface area (Å²) in [4.78, 5) is 15.3. The van der Waals surface area contributed by atoms with Gasteiger partial charge in [0.2, 0.25) is 11.8 Å². The molecule has 0 N–H and O–H groups in total. The molecule has 3 rings (SSSR count). The second kappa shape index (κ2) is 7.40. The maximum absolute atomic E-state index is 12.5. The Morgan fingerprint density at radius 2 is 2.12 bits per heavy atom. The van der Waals surface area contributed by atoms with Crippen molar-refractivity contribution in [1.82, 2.24) is 10.2 Å². The van der Waals surface area contributed by atoms with Crippen molar-refractivity contribution in [1.29, 1.82) is 0 Å². The Morgan fingerprint density at radius 1 is 1.25 bits per heavy atom. The van der Waals surface area contributed by atoms with Crippen LogP contribution in [0.25, 0.3) is 10.8 Å². The summed E-state index contributed by atoms with van der Waals surface area (Å²) < 4.78 is 5.63. The average molecular weight is 341 g/mol. The molecule has 0 atom stereocenters. The maximum atomic E-state index is 12.5. The Morgan fingerprint density at radius 3 is 2.83 bits per heavy atom. The first-order chi connectivity index (χ1) is 11.7. The number of anilines is 1. The van der Waals surface area contributed by atoms with Gasteiger partial charge in [-0.25, -0.2) is 0 Å². The van der Waals surface area contributed by atoms with Gasteiger partial charge in [-0.1, -0.05) is 18.2 Å². The molecule has 1 amide bonds. The van der Waals surface area contributed by atoms with E-state index in [4.69, 9.17) is 4.42 Å². The smallest absolute Gasteiger partial charge is 0.257 e. The summed E-state index contributed by atoms with van der Waals surface area (Å²) >= 11 is 1.55. The van der Waals surface area contributed by atoms with Crippen molar-refractivity contribution in [3.63, 3.8) is 0 Å². The predicted octanol–water partition coefficient (Wildman–Crippen LogP) is 4.09. The van der Waals surface area contributed by atoms with Gasteiger partial charge in [0.15, 0.2) is 0 Å². The molecule has 0 aliphatic heterocycles. The van der Waals surface area contributed by atoms with Crippen molar-refractivity contribution in [2.75, 3.05) is 11.4 Å². The zero-order chi connectivity index (χ0) is 16.9. The molecular formula is C18H19N3O2S. The van der Waals surface area contributed by atoms with E-state index in [1.165, 1.54) is 0 Å². The average Bonchev–Trinajstić information content (AvgIpc) is 3.25. The molecule has 124 valence electrons. The summed E-state index contributed by atoms with van der Waals surface area (Å²) in [5.74, 6) is 1.06. The van der Waals surface area contributed by atoms with Crippen LogP contribution in [0.1, 0.15) is 24.8 Å². The number of carbonyl (C=O) groups is 1. The van der Waals surface area contributed by atoms with Gasteiger partial charge < -0.3 is 9.32 Å². The van der Waals surface area contributed by atoms with Crippen LogP contribution >= 0.6 is 11.3 Å². The van der Waals surface area contributed by atoms with Crippen LogP contribution in [0, 0.1) is 6.92 Å². The summed E-state index contributed by atoms with van der Waals surface area (Å²) in [6.07, 6.45) is 0.785. The van der Waals surface area contributed by atoms with Crippen molar-refractivity contribution in [3.8, 4) is 10.8 Å². The molecule has 0 aliphatic rings. The molecule has 6 heteroatoms. The summed E-state index contributed by atoms with van der Waals surface area (Å²) in [5.41, 5.74) is 2.06. The second-order valence-electron chi connectivity index (χ2n) is 5.46. The second-order valence-corrected chi connectivity index (χ2v) is 6.40. The number of thiophene rings is 1. The van der Waals surface area contributed by atoms with Gasteiger partial charge in [-0.2, -0.15) is 0 Å². The van der Waals surface area contributed by atoms with Crippen molar-refractivity contribution in [2.24, 2.45) is 0 Å². The van der Waals surface area contributed by atoms with Crippen LogP contribution in [0.3, 0.4) is 0 Å². The first kappa shape index (κ1) is 16.4. The third-order valence-electron chi connectivity index (χ3n) is 3.68.